The molecule has 1 heterocycles. The summed E-state index contributed by atoms with van der Waals surface area (Å²) < 4.78 is 0. The minimum Gasteiger partial charge on any atom is -0.355 e. The van der Waals surface area contributed by atoms with Crippen LogP contribution in [0.5, 0.6) is 0 Å². The largest absolute Gasteiger partial charge is 0.355 e. The molecule has 0 spiro atoms. The van der Waals surface area contributed by atoms with Gasteiger partial charge >= 0.3 is 0 Å². The van der Waals surface area contributed by atoms with Crippen molar-refractivity contribution in [1.82, 2.24) is 10.3 Å². The van der Waals surface area contributed by atoms with E-state index in [2.05, 4.69) is 40.6 Å². The summed E-state index contributed by atoms with van der Waals surface area (Å²) >= 11 is 1.21. The summed E-state index contributed by atoms with van der Waals surface area (Å²) in [6.45, 7) is 3.72. The van der Waals surface area contributed by atoms with Crippen LogP contribution in [0.4, 0.5) is 0 Å². The lowest BCUT2D eigenvalue weighted by molar-refractivity contribution is -0.118. The molecule has 0 radical (unpaired) electrons. The Morgan fingerprint density at radius 1 is 1.06 bits per heavy atom. The van der Waals surface area contributed by atoms with Gasteiger partial charge in [-0.05, 0) is 37.5 Å². The molecule has 0 aliphatic carbocycles. The van der Waals surface area contributed by atoms with Crippen LogP contribution in [-0.2, 0) is 4.79 Å². The van der Waals surface area contributed by atoms with Crippen LogP contribution in [0.15, 0.2) is 71.8 Å². The Kier molecular flexibility index (Phi) is 8.18. The number of hydrogen-bond acceptors (Lipinski definition) is 5. The third kappa shape index (κ3) is 6.05. The molecular formula is C26H25N3O2S. The second-order valence-electron chi connectivity index (χ2n) is 7.44. The van der Waals surface area contributed by atoms with Crippen molar-refractivity contribution >= 4 is 23.5 Å². The first-order valence-electron chi connectivity index (χ1n) is 10.4. The van der Waals surface area contributed by atoms with E-state index in [4.69, 9.17) is 0 Å². The van der Waals surface area contributed by atoms with Crippen LogP contribution in [0, 0.1) is 18.3 Å². The van der Waals surface area contributed by atoms with Crippen LogP contribution in [0.2, 0.25) is 0 Å². The summed E-state index contributed by atoms with van der Waals surface area (Å²) in [5.74, 6) is 0.0991. The van der Waals surface area contributed by atoms with Gasteiger partial charge in [-0.25, -0.2) is 4.98 Å². The van der Waals surface area contributed by atoms with Gasteiger partial charge in [-0.2, -0.15) is 5.26 Å². The van der Waals surface area contributed by atoms with E-state index in [1.807, 2.05) is 36.4 Å². The van der Waals surface area contributed by atoms with Crippen LogP contribution in [0.25, 0.3) is 0 Å². The quantitative estimate of drug-likeness (QED) is 0.376. The second kappa shape index (κ2) is 11.3. The van der Waals surface area contributed by atoms with Crippen molar-refractivity contribution in [2.75, 3.05) is 12.3 Å². The van der Waals surface area contributed by atoms with Crippen molar-refractivity contribution in [3.05, 3.63) is 94.7 Å². The van der Waals surface area contributed by atoms with Crippen LogP contribution < -0.4 is 5.32 Å². The van der Waals surface area contributed by atoms with E-state index in [-0.39, 0.29) is 23.4 Å². The van der Waals surface area contributed by atoms with Gasteiger partial charge in [-0.1, -0.05) is 72.4 Å². The van der Waals surface area contributed by atoms with Gasteiger partial charge in [0.25, 0.3) is 0 Å². The maximum Gasteiger partial charge on any atom is 0.230 e. The zero-order chi connectivity index (χ0) is 22.9. The Bertz CT molecular complexity index is 1090. The molecule has 32 heavy (non-hydrogen) atoms. The van der Waals surface area contributed by atoms with Crippen LogP contribution in [-0.4, -0.2) is 29.0 Å². The molecule has 5 nitrogen and oxygen atoms in total. The van der Waals surface area contributed by atoms with E-state index in [1.165, 1.54) is 29.8 Å². The second-order valence-corrected chi connectivity index (χ2v) is 8.41. The molecule has 0 aliphatic heterocycles. The third-order valence-corrected chi connectivity index (χ3v) is 6.17. The topological polar surface area (TPSA) is 82.8 Å². The monoisotopic (exact) mass is 443 g/mol. The highest BCUT2D eigenvalue weighted by Crippen LogP contribution is 2.27. The lowest BCUT2D eigenvalue weighted by Gasteiger charge is -2.18. The maximum atomic E-state index is 12.4. The fraction of sp³-hybridized carbons (Fsp3) is 0.231. The van der Waals surface area contributed by atoms with Crippen LogP contribution in [0.3, 0.4) is 0 Å². The number of aryl methyl sites for hydroxylation is 1. The number of nitrogens with one attached hydrogen (secondary N) is 1. The number of carbonyl (C=O) groups excluding carboxylic acids is 2. The number of aromatic nitrogens is 1. The molecule has 0 atom stereocenters. The molecule has 2 aromatic carbocycles. The fourth-order valence-corrected chi connectivity index (χ4v) is 4.40. The van der Waals surface area contributed by atoms with Gasteiger partial charge in [0.1, 0.15) is 11.1 Å². The van der Waals surface area contributed by atoms with Crippen molar-refractivity contribution in [3.63, 3.8) is 0 Å². The van der Waals surface area contributed by atoms with Gasteiger partial charge < -0.3 is 5.32 Å². The summed E-state index contributed by atoms with van der Waals surface area (Å²) in [7, 11) is 0. The fourth-order valence-electron chi connectivity index (χ4n) is 3.57. The molecule has 1 amide bonds. The van der Waals surface area contributed by atoms with E-state index >= 15 is 0 Å². The van der Waals surface area contributed by atoms with Crippen molar-refractivity contribution in [3.8, 4) is 6.07 Å². The van der Waals surface area contributed by atoms with Gasteiger partial charge in [0.2, 0.25) is 5.91 Å². The smallest absolute Gasteiger partial charge is 0.230 e. The summed E-state index contributed by atoms with van der Waals surface area (Å²) in [6.07, 6.45) is 0.776. The molecule has 3 rings (SSSR count). The van der Waals surface area contributed by atoms with Gasteiger partial charge in [0, 0.05) is 23.7 Å². The number of amides is 1. The summed E-state index contributed by atoms with van der Waals surface area (Å²) in [5.41, 5.74) is 3.74. The molecule has 0 fully saturated rings. The summed E-state index contributed by atoms with van der Waals surface area (Å²) in [6, 6.07) is 24.2. The number of thioether (sulfide) groups is 1. The predicted molar refractivity (Wildman–Crippen MR) is 127 cm³/mol. The first kappa shape index (κ1) is 23.2. The average molecular weight is 444 g/mol. The van der Waals surface area contributed by atoms with E-state index in [9.17, 15) is 14.9 Å². The number of ketones is 1. The molecule has 0 unspecified atom stereocenters. The average Bonchev–Trinajstić information content (AvgIpc) is 2.81. The van der Waals surface area contributed by atoms with Gasteiger partial charge in [-0.3, -0.25) is 9.59 Å². The normalized spacial score (nSPS) is 10.6. The zero-order valence-corrected chi connectivity index (χ0v) is 19.0. The third-order valence-electron chi connectivity index (χ3n) is 5.18. The highest BCUT2D eigenvalue weighted by atomic mass is 32.2. The van der Waals surface area contributed by atoms with Crippen LogP contribution >= 0.6 is 11.8 Å². The van der Waals surface area contributed by atoms with Crippen molar-refractivity contribution in [2.24, 2.45) is 0 Å². The SMILES string of the molecule is CC(=O)c1cc(C#N)c(SCC(=O)NCCC(c2ccccc2)c2ccccc2)nc1C. The number of nitrogens with zero attached hydrogens (tertiary/aromatic N) is 2. The lowest BCUT2D eigenvalue weighted by Crippen LogP contribution is -2.27. The van der Waals surface area contributed by atoms with E-state index < -0.39 is 0 Å². The van der Waals surface area contributed by atoms with E-state index in [0.29, 0.717) is 28.4 Å². The molecule has 162 valence electrons. The molecule has 0 bridgehead atoms. The number of carbonyl (C=O) groups is 2. The van der Waals surface area contributed by atoms with Crippen molar-refractivity contribution < 1.29 is 9.59 Å². The van der Waals surface area contributed by atoms with Crippen LogP contribution in [0.1, 0.15) is 52.0 Å². The van der Waals surface area contributed by atoms with E-state index in [0.717, 1.165) is 6.42 Å². The Labute approximate surface area is 192 Å². The molecule has 1 aromatic heterocycles. The maximum absolute atomic E-state index is 12.4. The summed E-state index contributed by atoms with van der Waals surface area (Å²) in [4.78, 5) is 28.5. The summed E-state index contributed by atoms with van der Waals surface area (Å²) in [5, 5.41) is 12.8. The standard InChI is InChI=1S/C26H25N3O2S/c1-18-24(19(2)30)15-22(16-27)26(29-18)32-17-25(31)28-14-13-23(20-9-5-3-6-10-20)21-11-7-4-8-12-21/h3-12,15,23H,13-14,17H2,1-2H3,(H,28,31). The van der Waals surface area contributed by atoms with Crippen molar-refractivity contribution in [2.45, 2.75) is 31.2 Å². The van der Waals surface area contributed by atoms with Crippen molar-refractivity contribution in [1.29, 1.82) is 5.26 Å². The Hall–Kier alpha value is -3.43. The van der Waals surface area contributed by atoms with E-state index in [1.54, 1.807) is 13.0 Å². The molecular weight excluding hydrogens is 418 g/mol. The number of pyridine rings is 1. The highest BCUT2D eigenvalue weighted by Gasteiger charge is 2.16. The number of nitriles is 1. The molecule has 0 saturated carbocycles. The first-order chi connectivity index (χ1) is 15.5. The lowest BCUT2D eigenvalue weighted by atomic mass is 9.88. The number of benzene rings is 2. The minimum atomic E-state index is -0.132. The van der Waals surface area contributed by atoms with Gasteiger partial charge in [0.05, 0.1) is 11.3 Å². The van der Waals surface area contributed by atoms with Gasteiger partial charge in [0.15, 0.2) is 5.78 Å². The molecule has 0 saturated heterocycles. The Morgan fingerprint density at radius 3 is 2.19 bits per heavy atom. The Morgan fingerprint density at radius 2 is 1.66 bits per heavy atom. The minimum absolute atomic E-state index is 0.117. The first-order valence-corrected chi connectivity index (χ1v) is 11.4. The molecule has 0 aliphatic rings. The highest BCUT2D eigenvalue weighted by molar-refractivity contribution is 8.00. The zero-order valence-electron chi connectivity index (χ0n) is 18.2. The molecule has 1 N–H and O–H groups in total. The predicted octanol–water partition coefficient (Wildman–Crippen LogP) is 4.89. The number of rotatable bonds is 9. The van der Waals surface area contributed by atoms with Gasteiger partial charge in [-0.15, -0.1) is 0 Å². The molecule has 3 aromatic rings. The number of Topliss-reactive ketones (excluding diaryl/α,β-unsaturated/α-hetero) is 1. The molecule has 6 heteroatoms. The Balaban J connectivity index is 1.59. The number of hydrogen-bond donors (Lipinski definition) is 1.